The SMILES string of the molecule is CN=C(NCCCS(=O)(=O)Cc1ccccc1)NCC(C)Oc1ccc(F)cc1.I. The third-order valence-electron chi connectivity index (χ3n) is 4.09. The summed E-state index contributed by atoms with van der Waals surface area (Å²) < 4.78 is 43.0. The zero-order valence-electron chi connectivity index (χ0n) is 17.2. The van der Waals surface area contributed by atoms with Gasteiger partial charge in [-0.3, -0.25) is 4.99 Å². The lowest BCUT2D eigenvalue weighted by Crippen LogP contribution is -2.42. The molecule has 9 heteroatoms. The Labute approximate surface area is 195 Å². The van der Waals surface area contributed by atoms with Gasteiger partial charge >= 0.3 is 0 Å². The zero-order chi connectivity index (χ0) is 21.1. The van der Waals surface area contributed by atoms with Crippen LogP contribution in [-0.4, -0.2) is 46.4 Å². The zero-order valence-corrected chi connectivity index (χ0v) is 20.3. The van der Waals surface area contributed by atoms with Gasteiger partial charge in [0.2, 0.25) is 0 Å². The van der Waals surface area contributed by atoms with E-state index in [4.69, 9.17) is 4.74 Å². The van der Waals surface area contributed by atoms with Crippen LogP contribution in [0.4, 0.5) is 4.39 Å². The van der Waals surface area contributed by atoms with Gasteiger partial charge < -0.3 is 15.4 Å². The molecule has 0 bridgehead atoms. The quantitative estimate of drug-likeness (QED) is 0.206. The molecule has 0 aliphatic carbocycles. The van der Waals surface area contributed by atoms with Crippen molar-refractivity contribution >= 4 is 39.8 Å². The van der Waals surface area contributed by atoms with E-state index in [9.17, 15) is 12.8 Å². The van der Waals surface area contributed by atoms with Crippen molar-refractivity contribution < 1.29 is 17.5 Å². The van der Waals surface area contributed by atoms with Crippen molar-refractivity contribution in [1.82, 2.24) is 10.6 Å². The molecule has 2 rings (SSSR count). The monoisotopic (exact) mass is 549 g/mol. The lowest BCUT2D eigenvalue weighted by Gasteiger charge is -2.17. The number of guanidine groups is 1. The number of halogens is 2. The first-order valence-corrected chi connectivity index (χ1v) is 11.3. The summed E-state index contributed by atoms with van der Waals surface area (Å²) in [5, 5.41) is 6.23. The van der Waals surface area contributed by atoms with Gasteiger partial charge in [-0.15, -0.1) is 24.0 Å². The van der Waals surface area contributed by atoms with Crippen LogP contribution in [-0.2, 0) is 15.6 Å². The first-order chi connectivity index (χ1) is 13.9. The fourth-order valence-electron chi connectivity index (χ4n) is 2.65. The minimum atomic E-state index is -3.15. The van der Waals surface area contributed by atoms with Crippen molar-refractivity contribution in [3.63, 3.8) is 0 Å². The average Bonchev–Trinajstić information content (AvgIpc) is 2.69. The van der Waals surface area contributed by atoms with Crippen molar-refractivity contribution in [2.75, 3.05) is 25.9 Å². The van der Waals surface area contributed by atoms with Gasteiger partial charge in [-0.05, 0) is 43.2 Å². The van der Waals surface area contributed by atoms with E-state index in [2.05, 4.69) is 15.6 Å². The maximum Gasteiger partial charge on any atom is 0.191 e. The summed E-state index contributed by atoms with van der Waals surface area (Å²) >= 11 is 0. The molecule has 2 aromatic carbocycles. The van der Waals surface area contributed by atoms with Crippen LogP contribution in [0.2, 0.25) is 0 Å². The third-order valence-corrected chi connectivity index (χ3v) is 5.77. The summed E-state index contributed by atoms with van der Waals surface area (Å²) in [5.41, 5.74) is 0.799. The lowest BCUT2D eigenvalue weighted by atomic mass is 10.2. The highest BCUT2D eigenvalue weighted by molar-refractivity contribution is 14.0. The van der Waals surface area contributed by atoms with E-state index in [1.54, 1.807) is 19.2 Å². The van der Waals surface area contributed by atoms with E-state index >= 15 is 0 Å². The number of rotatable bonds is 10. The van der Waals surface area contributed by atoms with Crippen LogP contribution in [0.25, 0.3) is 0 Å². The molecule has 1 atom stereocenters. The van der Waals surface area contributed by atoms with Crippen LogP contribution in [0.1, 0.15) is 18.9 Å². The number of hydrogen-bond acceptors (Lipinski definition) is 4. The Kier molecular flexibility index (Phi) is 11.7. The van der Waals surface area contributed by atoms with Crippen LogP contribution in [0.3, 0.4) is 0 Å². The molecule has 2 aromatic rings. The normalized spacial score (nSPS) is 12.6. The molecule has 0 heterocycles. The van der Waals surface area contributed by atoms with Crippen molar-refractivity contribution in [3.8, 4) is 5.75 Å². The topological polar surface area (TPSA) is 79.8 Å². The van der Waals surface area contributed by atoms with Gasteiger partial charge in [0.25, 0.3) is 0 Å². The highest BCUT2D eigenvalue weighted by Crippen LogP contribution is 2.12. The molecule has 0 saturated heterocycles. The van der Waals surface area contributed by atoms with Gasteiger partial charge in [0.15, 0.2) is 15.8 Å². The van der Waals surface area contributed by atoms with Crippen molar-refractivity contribution in [1.29, 1.82) is 0 Å². The van der Waals surface area contributed by atoms with Crippen LogP contribution in [0.5, 0.6) is 5.75 Å². The Balaban J connectivity index is 0.00000450. The van der Waals surface area contributed by atoms with E-state index in [1.165, 1.54) is 12.1 Å². The van der Waals surface area contributed by atoms with E-state index in [-0.39, 0.29) is 47.4 Å². The predicted molar refractivity (Wildman–Crippen MR) is 130 cm³/mol. The predicted octanol–water partition coefficient (Wildman–Crippen LogP) is 3.38. The number of nitrogens with one attached hydrogen (secondary N) is 2. The van der Waals surface area contributed by atoms with Gasteiger partial charge in [-0.1, -0.05) is 30.3 Å². The molecule has 30 heavy (non-hydrogen) atoms. The lowest BCUT2D eigenvalue weighted by molar-refractivity contribution is 0.223. The van der Waals surface area contributed by atoms with E-state index in [1.807, 2.05) is 37.3 Å². The van der Waals surface area contributed by atoms with Gasteiger partial charge in [0, 0.05) is 13.6 Å². The molecule has 0 aliphatic heterocycles. The molecule has 0 fully saturated rings. The molecule has 6 nitrogen and oxygen atoms in total. The standard InChI is InChI=1S/C21H28FN3O3S.HI/c1-17(28-20-11-9-19(22)10-12-20)15-25-21(23-2)24-13-6-14-29(26,27)16-18-7-4-3-5-8-18;/h3-5,7-12,17H,6,13-16H2,1-2H3,(H2,23,24,25);1H. The summed E-state index contributed by atoms with van der Waals surface area (Å²) in [7, 11) is -1.50. The fourth-order valence-corrected chi connectivity index (χ4v) is 4.08. The summed E-state index contributed by atoms with van der Waals surface area (Å²) in [6.07, 6.45) is 0.322. The van der Waals surface area contributed by atoms with Crippen molar-refractivity contribution in [2.24, 2.45) is 4.99 Å². The average molecular weight is 549 g/mol. The Morgan fingerprint density at radius 1 is 1.10 bits per heavy atom. The summed E-state index contributed by atoms with van der Waals surface area (Å²) in [6.45, 7) is 2.87. The molecule has 0 amide bonds. The highest BCUT2D eigenvalue weighted by atomic mass is 127. The molecular weight excluding hydrogens is 520 g/mol. The van der Waals surface area contributed by atoms with Crippen LogP contribution in [0, 0.1) is 5.82 Å². The molecule has 2 N–H and O–H groups in total. The number of sulfone groups is 1. The first kappa shape index (κ1) is 26.2. The minimum absolute atomic E-state index is 0. The van der Waals surface area contributed by atoms with Gasteiger partial charge in [0.05, 0.1) is 18.1 Å². The van der Waals surface area contributed by atoms with Gasteiger partial charge in [0.1, 0.15) is 17.7 Å². The number of hydrogen-bond donors (Lipinski definition) is 2. The second-order valence-electron chi connectivity index (χ2n) is 6.69. The molecule has 166 valence electrons. The Morgan fingerprint density at radius 3 is 2.40 bits per heavy atom. The van der Waals surface area contributed by atoms with Crippen LogP contribution in [0.15, 0.2) is 59.6 Å². The molecule has 0 spiro atoms. The number of ether oxygens (including phenoxy) is 1. The summed E-state index contributed by atoms with van der Waals surface area (Å²) in [4.78, 5) is 4.12. The third kappa shape index (κ3) is 10.2. The second-order valence-corrected chi connectivity index (χ2v) is 8.88. The van der Waals surface area contributed by atoms with Gasteiger partial charge in [-0.25, -0.2) is 12.8 Å². The number of nitrogens with zero attached hydrogens (tertiary/aromatic N) is 1. The summed E-state index contributed by atoms with van der Waals surface area (Å²) in [6, 6.07) is 15.0. The molecule has 0 aliphatic rings. The Bertz CT molecular complexity index is 878. The van der Waals surface area contributed by atoms with E-state index in [0.29, 0.717) is 31.2 Å². The minimum Gasteiger partial charge on any atom is -0.489 e. The van der Waals surface area contributed by atoms with Crippen LogP contribution >= 0.6 is 24.0 Å². The number of benzene rings is 2. The fraction of sp³-hybridized carbons (Fsp3) is 0.381. The largest absolute Gasteiger partial charge is 0.489 e. The molecule has 1 unspecified atom stereocenters. The van der Waals surface area contributed by atoms with Crippen molar-refractivity contribution in [2.45, 2.75) is 25.2 Å². The molecular formula is C21H29FIN3O3S. The number of aliphatic imine (C=N–C) groups is 1. The Morgan fingerprint density at radius 2 is 1.77 bits per heavy atom. The second kappa shape index (κ2) is 13.4. The highest BCUT2D eigenvalue weighted by Gasteiger charge is 2.12. The maximum atomic E-state index is 12.9. The Hall–Kier alpha value is -1.88. The smallest absolute Gasteiger partial charge is 0.191 e. The van der Waals surface area contributed by atoms with Crippen molar-refractivity contribution in [3.05, 3.63) is 66.0 Å². The van der Waals surface area contributed by atoms with Crippen LogP contribution < -0.4 is 15.4 Å². The molecule has 0 saturated carbocycles. The van der Waals surface area contributed by atoms with Gasteiger partial charge in [-0.2, -0.15) is 0 Å². The molecule has 0 radical (unpaired) electrons. The van der Waals surface area contributed by atoms with E-state index in [0.717, 1.165) is 5.56 Å². The maximum absolute atomic E-state index is 12.9. The summed E-state index contributed by atoms with van der Waals surface area (Å²) in [5.74, 6) is 1.01. The first-order valence-electron chi connectivity index (χ1n) is 9.49. The molecule has 0 aromatic heterocycles. The van der Waals surface area contributed by atoms with E-state index < -0.39 is 9.84 Å².